The Morgan fingerprint density at radius 1 is 1.19 bits per heavy atom. The molecule has 0 aliphatic carbocycles. The first-order valence-electron chi connectivity index (χ1n) is 9.34. The van der Waals surface area contributed by atoms with Crippen LogP contribution >= 0.6 is 0 Å². The van der Waals surface area contributed by atoms with Gasteiger partial charge in [0.15, 0.2) is 18.4 Å². The van der Waals surface area contributed by atoms with E-state index in [9.17, 15) is 19.5 Å². The number of aliphatic hydroxyl groups excluding tert-OH is 1. The van der Waals surface area contributed by atoms with Gasteiger partial charge in [0.25, 0.3) is 5.91 Å². The van der Waals surface area contributed by atoms with Gasteiger partial charge in [-0.05, 0) is 42.8 Å². The zero-order valence-electron chi connectivity index (χ0n) is 16.8. The zero-order chi connectivity index (χ0) is 22.5. The van der Waals surface area contributed by atoms with E-state index in [4.69, 9.17) is 19.3 Å². The van der Waals surface area contributed by atoms with E-state index in [1.54, 1.807) is 37.5 Å². The Kier molecular flexibility index (Phi) is 6.56. The predicted molar refractivity (Wildman–Crippen MR) is 109 cm³/mol. The Hall–Kier alpha value is -3.85. The highest BCUT2D eigenvalue weighted by Crippen LogP contribution is 2.35. The van der Waals surface area contributed by atoms with Crippen LogP contribution in [0, 0.1) is 0 Å². The molecule has 31 heavy (non-hydrogen) atoms. The molecule has 1 aliphatic rings. The number of carbonyl (C=O) groups excluding carboxylic acids is 2. The zero-order valence-corrected chi connectivity index (χ0v) is 16.8. The summed E-state index contributed by atoms with van der Waals surface area (Å²) in [5, 5.41) is 20.6. The second-order valence-electron chi connectivity index (χ2n) is 6.79. The fourth-order valence-electron chi connectivity index (χ4n) is 2.89. The van der Waals surface area contributed by atoms with Gasteiger partial charge in [-0.15, -0.1) is 0 Å². The van der Waals surface area contributed by atoms with Gasteiger partial charge in [-0.3, -0.25) is 9.59 Å². The monoisotopic (exact) mass is 427 g/mol. The first-order valence-corrected chi connectivity index (χ1v) is 9.34. The summed E-state index contributed by atoms with van der Waals surface area (Å²) in [5.41, 5.74) is 1.08. The largest absolute Gasteiger partial charge is 0.497 e. The van der Waals surface area contributed by atoms with Crippen LogP contribution in [0.1, 0.15) is 22.8 Å². The number of rotatable bonds is 8. The van der Waals surface area contributed by atoms with Gasteiger partial charge < -0.3 is 29.7 Å². The maximum Gasteiger partial charge on any atom is 0.328 e. The molecule has 1 amide bonds. The van der Waals surface area contributed by atoms with Crippen LogP contribution in [0.25, 0.3) is 6.08 Å². The van der Waals surface area contributed by atoms with Crippen LogP contribution in [0.2, 0.25) is 0 Å². The first kappa shape index (κ1) is 21.8. The predicted octanol–water partition coefficient (Wildman–Crippen LogP) is 1.64. The van der Waals surface area contributed by atoms with Crippen molar-refractivity contribution < 1.29 is 38.8 Å². The number of hydrogen-bond acceptors (Lipinski definition) is 7. The number of carboxylic acids is 1. The van der Waals surface area contributed by atoms with Crippen molar-refractivity contribution in [2.45, 2.75) is 19.1 Å². The number of methoxy groups -OCH3 is 1. The molecule has 9 heteroatoms. The smallest absolute Gasteiger partial charge is 0.328 e. The first-order chi connectivity index (χ1) is 14.8. The number of Topliss-reactive ketones (excluding diaryl/α,β-unsaturated/α-hetero) is 1. The number of fused-ring (bicyclic) bond motifs is 1. The second-order valence-corrected chi connectivity index (χ2v) is 6.79. The summed E-state index contributed by atoms with van der Waals surface area (Å²) in [6.45, 7) is 0.779. The topological polar surface area (TPSA) is 131 Å². The molecule has 0 saturated heterocycles. The van der Waals surface area contributed by atoms with Gasteiger partial charge in [-0.1, -0.05) is 12.1 Å². The van der Waals surface area contributed by atoms with Gasteiger partial charge in [0.05, 0.1) is 18.8 Å². The number of nitrogens with one attached hydrogen (secondary N) is 1. The van der Waals surface area contributed by atoms with Gasteiger partial charge in [-0.25, -0.2) is 4.79 Å². The number of benzene rings is 2. The van der Waals surface area contributed by atoms with Crippen molar-refractivity contribution in [1.29, 1.82) is 0 Å². The molecule has 3 rings (SSSR count). The Bertz CT molecular complexity index is 1040. The van der Waals surface area contributed by atoms with Crippen LogP contribution in [0.5, 0.6) is 17.2 Å². The lowest BCUT2D eigenvalue weighted by molar-refractivity contribution is -0.145. The van der Waals surface area contributed by atoms with E-state index in [-0.39, 0.29) is 23.0 Å². The molecule has 1 unspecified atom stereocenters. The normalized spacial score (nSPS) is 15.6. The van der Waals surface area contributed by atoms with Gasteiger partial charge >= 0.3 is 5.97 Å². The van der Waals surface area contributed by atoms with Crippen molar-refractivity contribution in [1.82, 2.24) is 5.32 Å². The molecule has 162 valence electrons. The van der Waals surface area contributed by atoms with E-state index in [1.165, 1.54) is 25.1 Å². The third-order valence-electron chi connectivity index (χ3n) is 4.47. The quantitative estimate of drug-likeness (QED) is 0.542. The summed E-state index contributed by atoms with van der Waals surface area (Å²) in [4.78, 5) is 35.5. The minimum atomic E-state index is -1.44. The number of carbonyl (C=O) groups is 3. The summed E-state index contributed by atoms with van der Waals surface area (Å²) in [6.07, 6.45) is 0.330. The van der Waals surface area contributed by atoms with Crippen molar-refractivity contribution in [2.24, 2.45) is 0 Å². The fourth-order valence-corrected chi connectivity index (χ4v) is 2.89. The number of aliphatic carboxylic acids is 1. The SMILES string of the molecule is COc1cccc(/C=C2\Oc3cc(OCC(=O)N[C@H](C(=O)O)C(C)O)ccc3C2=O)c1. The molecule has 0 saturated carbocycles. The molecule has 0 radical (unpaired) electrons. The minimum absolute atomic E-state index is 0.138. The number of hydrogen-bond donors (Lipinski definition) is 3. The lowest BCUT2D eigenvalue weighted by Gasteiger charge is -2.17. The lowest BCUT2D eigenvalue weighted by Crippen LogP contribution is -2.49. The van der Waals surface area contributed by atoms with Crippen LogP contribution in [-0.4, -0.2) is 53.7 Å². The average molecular weight is 427 g/mol. The molecule has 9 nitrogen and oxygen atoms in total. The fraction of sp³-hybridized carbons (Fsp3) is 0.227. The van der Waals surface area contributed by atoms with Gasteiger partial charge in [0.2, 0.25) is 5.78 Å². The van der Waals surface area contributed by atoms with E-state index in [0.29, 0.717) is 11.3 Å². The van der Waals surface area contributed by atoms with Crippen molar-refractivity contribution in [3.05, 3.63) is 59.4 Å². The Morgan fingerprint density at radius 3 is 2.65 bits per heavy atom. The molecule has 2 aromatic rings. The lowest BCUT2D eigenvalue weighted by atomic mass is 10.1. The van der Waals surface area contributed by atoms with Crippen molar-refractivity contribution >= 4 is 23.7 Å². The van der Waals surface area contributed by atoms with Crippen molar-refractivity contribution in [3.8, 4) is 17.2 Å². The maximum atomic E-state index is 12.6. The highest BCUT2D eigenvalue weighted by atomic mass is 16.5. The second kappa shape index (κ2) is 9.31. The molecule has 2 aromatic carbocycles. The molecule has 0 bridgehead atoms. The van der Waals surface area contributed by atoms with E-state index in [2.05, 4.69) is 5.32 Å². The van der Waals surface area contributed by atoms with Crippen LogP contribution < -0.4 is 19.5 Å². The third-order valence-corrected chi connectivity index (χ3v) is 4.47. The number of aliphatic hydroxyl groups is 1. The Labute approximate surface area is 177 Å². The number of ketones is 1. The molecule has 0 fully saturated rings. The number of allylic oxidation sites excluding steroid dienone is 1. The van der Waals surface area contributed by atoms with E-state index >= 15 is 0 Å². The summed E-state index contributed by atoms with van der Waals surface area (Å²) in [5.74, 6) is -1.04. The molecule has 2 atom stereocenters. The summed E-state index contributed by atoms with van der Waals surface area (Å²) in [6, 6.07) is 10.2. The van der Waals surface area contributed by atoms with Gasteiger partial charge in [-0.2, -0.15) is 0 Å². The highest BCUT2D eigenvalue weighted by molar-refractivity contribution is 6.14. The van der Waals surface area contributed by atoms with E-state index in [1.807, 2.05) is 0 Å². The average Bonchev–Trinajstić information content (AvgIpc) is 3.04. The minimum Gasteiger partial charge on any atom is -0.497 e. The molecule has 1 heterocycles. The summed E-state index contributed by atoms with van der Waals surface area (Å²) < 4.78 is 16.2. The van der Waals surface area contributed by atoms with E-state index in [0.717, 1.165) is 5.56 Å². The van der Waals surface area contributed by atoms with Crippen molar-refractivity contribution in [3.63, 3.8) is 0 Å². The molecule has 0 spiro atoms. The van der Waals surface area contributed by atoms with Gasteiger partial charge in [0, 0.05) is 6.07 Å². The summed E-state index contributed by atoms with van der Waals surface area (Å²) in [7, 11) is 1.55. The number of carboxylic acid groups (broad SMARTS) is 1. The van der Waals surface area contributed by atoms with Crippen molar-refractivity contribution in [2.75, 3.05) is 13.7 Å². The maximum absolute atomic E-state index is 12.6. The molecular formula is C22H21NO8. The summed E-state index contributed by atoms with van der Waals surface area (Å²) >= 11 is 0. The van der Waals surface area contributed by atoms with E-state index < -0.39 is 30.6 Å². The number of amides is 1. The van der Waals surface area contributed by atoms with Crippen LogP contribution in [0.4, 0.5) is 0 Å². The van der Waals surface area contributed by atoms with Gasteiger partial charge in [0.1, 0.15) is 17.2 Å². The molecular weight excluding hydrogens is 406 g/mol. The van der Waals surface area contributed by atoms with Crippen LogP contribution in [0.3, 0.4) is 0 Å². The standard InChI is InChI=1S/C22H21NO8/c1-12(24)20(22(27)28)23-19(25)11-30-15-6-7-16-17(10-15)31-18(21(16)26)9-13-4-3-5-14(8-13)29-2/h3-10,12,20,24H,11H2,1-2H3,(H,23,25)(H,27,28)/b18-9-/t12?,20-/m0/s1. The van der Waals surface area contributed by atoms with Crippen LogP contribution in [-0.2, 0) is 9.59 Å². The molecule has 1 aliphatic heterocycles. The third kappa shape index (κ3) is 5.20. The number of ether oxygens (including phenoxy) is 3. The van der Waals surface area contributed by atoms with Crippen LogP contribution in [0.15, 0.2) is 48.2 Å². The molecule has 3 N–H and O–H groups in total. The highest BCUT2D eigenvalue weighted by Gasteiger charge is 2.28. The Morgan fingerprint density at radius 2 is 1.97 bits per heavy atom. The Balaban J connectivity index is 1.67. The molecule has 0 aromatic heterocycles.